The van der Waals surface area contributed by atoms with Gasteiger partial charge < -0.3 is 15.5 Å². The number of hydrogen-bond acceptors (Lipinski definition) is 3. The largest absolute Gasteiger partial charge is 0.355 e. The molecule has 1 aliphatic rings. The van der Waals surface area contributed by atoms with Gasteiger partial charge in [0.1, 0.15) is 0 Å². The monoisotopic (exact) mass is 325 g/mol. The van der Waals surface area contributed by atoms with Gasteiger partial charge in [-0.2, -0.15) is 0 Å². The van der Waals surface area contributed by atoms with Gasteiger partial charge in [-0.25, -0.2) is 0 Å². The molecule has 136 valence electrons. The number of guanidine groups is 1. The molecule has 23 heavy (non-hydrogen) atoms. The van der Waals surface area contributed by atoms with Crippen molar-refractivity contribution in [1.82, 2.24) is 20.4 Å². The Morgan fingerprint density at radius 1 is 1.09 bits per heavy atom. The lowest BCUT2D eigenvalue weighted by Gasteiger charge is -2.36. The summed E-state index contributed by atoms with van der Waals surface area (Å²) in [6.07, 6.45) is 6.51. The second-order valence-corrected chi connectivity index (χ2v) is 7.04. The first-order chi connectivity index (χ1) is 11.1. The van der Waals surface area contributed by atoms with Gasteiger partial charge in [0.05, 0.1) is 0 Å². The van der Waals surface area contributed by atoms with Gasteiger partial charge in [0.2, 0.25) is 0 Å². The van der Waals surface area contributed by atoms with E-state index in [0.29, 0.717) is 12.1 Å². The minimum Gasteiger partial charge on any atom is -0.355 e. The van der Waals surface area contributed by atoms with E-state index in [9.17, 15) is 0 Å². The van der Waals surface area contributed by atoms with E-state index in [4.69, 9.17) is 0 Å². The molecular formula is C18H39N5. The van der Waals surface area contributed by atoms with E-state index >= 15 is 0 Å². The van der Waals surface area contributed by atoms with E-state index in [1.165, 1.54) is 58.3 Å². The molecule has 5 heteroatoms. The summed E-state index contributed by atoms with van der Waals surface area (Å²) in [6, 6.07) is 1.03. The summed E-state index contributed by atoms with van der Waals surface area (Å²) in [5.74, 6) is 0.939. The summed E-state index contributed by atoms with van der Waals surface area (Å²) in [6.45, 7) is 12.4. The lowest BCUT2D eigenvalue weighted by molar-refractivity contribution is 0.120. The number of nitrogens with one attached hydrogen (secondary N) is 2. The van der Waals surface area contributed by atoms with E-state index in [2.05, 4.69) is 53.2 Å². The van der Waals surface area contributed by atoms with Crippen LogP contribution in [0.25, 0.3) is 0 Å². The molecule has 0 aromatic heterocycles. The van der Waals surface area contributed by atoms with Crippen molar-refractivity contribution < 1.29 is 0 Å². The van der Waals surface area contributed by atoms with E-state index in [-0.39, 0.29) is 0 Å². The Morgan fingerprint density at radius 3 is 2.39 bits per heavy atom. The number of aliphatic imine (C=N–C) groups is 1. The Bertz CT molecular complexity index is 323. The molecule has 1 saturated heterocycles. The third-order valence-electron chi connectivity index (χ3n) is 4.82. The van der Waals surface area contributed by atoms with Gasteiger partial charge in [-0.05, 0) is 27.3 Å². The van der Waals surface area contributed by atoms with Crippen LogP contribution in [0, 0.1) is 0 Å². The van der Waals surface area contributed by atoms with Gasteiger partial charge in [0.15, 0.2) is 5.96 Å². The average Bonchev–Trinajstić information content (AvgIpc) is 2.55. The number of nitrogens with zero attached hydrogens (tertiary/aromatic N) is 3. The van der Waals surface area contributed by atoms with Crippen molar-refractivity contribution in [2.75, 3.05) is 46.8 Å². The maximum atomic E-state index is 4.37. The lowest BCUT2D eigenvalue weighted by Crippen LogP contribution is -2.52. The van der Waals surface area contributed by atoms with Crippen LogP contribution in [0.5, 0.6) is 0 Å². The van der Waals surface area contributed by atoms with Crippen molar-refractivity contribution >= 4 is 5.96 Å². The van der Waals surface area contributed by atoms with Gasteiger partial charge >= 0.3 is 0 Å². The number of likely N-dealkylation sites (N-methyl/N-ethyl adjacent to an activating group) is 1. The molecule has 1 rings (SSSR count). The first kappa shape index (κ1) is 20.2. The van der Waals surface area contributed by atoms with Gasteiger partial charge in [0, 0.05) is 51.9 Å². The van der Waals surface area contributed by atoms with Crippen molar-refractivity contribution in [2.24, 2.45) is 4.99 Å². The molecule has 2 N–H and O–H groups in total. The molecule has 0 bridgehead atoms. The van der Waals surface area contributed by atoms with E-state index < -0.39 is 0 Å². The molecule has 2 unspecified atom stereocenters. The Balaban J connectivity index is 2.22. The first-order valence-electron chi connectivity index (χ1n) is 9.46. The van der Waals surface area contributed by atoms with Gasteiger partial charge in [-0.15, -0.1) is 0 Å². The molecule has 0 spiro atoms. The number of piperazine rings is 1. The van der Waals surface area contributed by atoms with Crippen molar-refractivity contribution in [2.45, 2.75) is 65.0 Å². The lowest BCUT2D eigenvalue weighted by atomic mass is 10.1. The number of unbranched alkanes of at least 4 members (excludes halogenated alkanes) is 3. The summed E-state index contributed by atoms with van der Waals surface area (Å²) in [5, 5.41) is 7.01. The Kier molecular flexibility index (Phi) is 10.3. The summed E-state index contributed by atoms with van der Waals surface area (Å²) in [5.41, 5.74) is 0. The topological polar surface area (TPSA) is 42.9 Å². The maximum absolute atomic E-state index is 4.37. The smallest absolute Gasteiger partial charge is 0.191 e. The molecule has 1 aliphatic heterocycles. The third-order valence-corrected chi connectivity index (χ3v) is 4.82. The second kappa shape index (κ2) is 11.7. The summed E-state index contributed by atoms with van der Waals surface area (Å²) in [4.78, 5) is 9.33. The van der Waals surface area contributed by atoms with Gasteiger partial charge in [0.25, 0.3) is 0 Å². The third kappa shape index (κ3) is 8.56. The van der Waals surface area contributed by atoms with Crippen LogP contribution < -0.4 is 10.6 Å². The van der Waals surface area contributed by atoms with Crippen LogP contribution in [0.4, 0.5) is 0 Å². The standard InChI is InChI=1S/C18H39N5/c1-6-7-8-9-10-16(2)21-18(19-4)20-15-17(3)23-13-11-22(5)12-14-23/h16-17H,6-15H2,1-5H3,(H2,19,20,21). The number of rotatable bonds is 9. The van der Waals surface area contributed by atoms with Crippen LogP contribution in [0.15, 0.2) is 4.99 Å². The highest BCUT2D eigenvalue weighted by atomic mass is 15.3. The molecule has 0 aromatic rings. The predicted octanol–water partition coefficient (Wildman–Crippen LogP) is 2.15. The minimum absolute atomic E-state index is 0.483. The molecular weight excluding hydrogens is 286 g/mol. The first-order valence-corrected chi connectivity index (χ1v) is 9.46. The van der Waals surface area contributed by atoms with Crippen molar-refractivity contribution in [1.29, 1.82) is 0 Å². The average molecular weight is 326 g/mol. The van der Waals surface area contributed by atoms with E-state index in [1.807, 2.05) is 7.05 Å². The highest BCUT2D eigenvalue weighted by Crippen LogP contribution is 2.06. The fourth-order valence-electron chi connectivity index (χ4n) is 3.01. The van der Waals surface area contributed by atoms with Gasteiger partial charge in [-0.1, -0.05) is 32.6 Å². The predicted molar refractivity (Wildman–Crippen MR) is 101 cm³/mol. The zero-order valence-electron chi connectivity index (χ0n) is 16.1. The van der Waals surface area contributed by atoms with E-state index in [1.54, 1.807) is 0 Å². The molecule has 2 atom stereocenters. The van der Waals surface area contributed by atoms with Crippen molar-refractivity contribution in [3.8, 4) is 0 Å². The van der Waals surface area contributed by atoms with Crippen LogP contribution in [0.1, 0.15) is 52.9 Å². The zero-order chi connectivity index (χ0) is 17.1. The molecule has 0 saturated carbocycles. The molecule has 1 heterocycles. The SMILES string of the molecule is CCCCCCC(C)NC(=NC)NCC(C)N1CCN(C)CC1. The van der Waals surface area contributed by atoms with Crippen molar-refractivity contribution in [3.63, 3.8) is 0 Å². The zero-order valence-corrected chi connectivity index (χ0v) is 16.1. The fourth-order valence-corrected chi connectivity index (χ4v) is 3.01. The second-order valence-electron chi connectivity index (χ2n) is 7.04. The quantitative estimate of drug-likeness (QED) is 0.387. The van der Waals surface area contributed by atoms with Crippen molar-refractivity contribution in [3.05, 3.63) is 0 Å². The maximum Gasteiger partial charge on any atom is 0.191 e. The van der Waals surface area contributed by atoms with Crippen LogP contribution in [0.2, 0.25) is 0 Å². The van der Waals surface area contributed by atoms with Crippen LogP contribution >= 0.6 is 0 Å². The van der Waals surface area contributed by atoms with Gasteiger partial charge in [-0.3, -0.25) is 9.89 Å². The van der Waals surface area contributed by atoms with Crippen LogP contribution in [-0.4, -0.2) is 74.7 Å². The summed E-state index contributed by atoms with van der Waals surface area (Å²) < 4.78 is 0. The van der Waals surface area contributed by atoms with Crippen LogP contribution in [-0.2, 0) is 0 Å². The minimum atomic E-state index is 0.483. The fraction of sp³-hybridized carbons (Fsp3) is 0.944. The number of hydrogen-bond donors (Lipinski definition) is 2. The normalized spacial score (nSPS) is 20.3. The molecule has 0 aliphatic carbocycles. The molecule has 0 aromatic carbocycles. The molecule has 0 amide bonds. The molecule has 5 nitrogen and oxygen atoms in total. The highest BCUT2D eigenvalue weighted by Gasteiger charge is 2.19. The summed E-state index contributed by atoms with van der Waals surface area (Å²) in [7, 11) is 4.06. The summed E-state index contributed by atoms with van der Waals surface area (Å²) >= 11 is 0. The highest BCUT2D eigenvalue weighted by molar-refractivity contribution is 5.79. The van der Waals surface area contributed by atoms with Crippen LogP contribution in [0.3, 0.4) is 0 Å². The Morgan fingerprint density at radius 2 is 1.78 bits per heavy atom. The molecule has 1 fully saturated rings. The Hall–Kier alpha value is -0.810. The Labute approximate surface area is 143 Å². The molecule has 0 radical (unpaired) electrons. The van der Waals surface area contributed by atoms with E-state index in [0.717, 1.165) is 12.5 Å².